The highest BCUT2D eigenvalue weighted by Crippen LogP contribution is 2.25. The molecule has 1 aromatic rings. The number of halogens is 1. The van der Waals surface area contributed by atoms with Gasteiger partial charge in [0, 0.05) is 5.33 Å². The molecule has 0 saturated carbocycles. The molecule has 1 aromatic carbocycles. The molecule has 0 unspecified atom stereocenters. The van der Waals surface area contributed by atoms with Crippen molar-refractivity contribution in [1.29, 1.82) is 0 Å². The molecule has 0 fully saturated rings. The summed E-state index contributed by atoms with van der Waals surface area (Å²) in [7, 11) is 1.63. The maximum Gasteiger partial charge on any atom is 0.161 e. The quantitative estimate of drug-likeness (QED) is 0.585. The highest BCUT2D eigenvalue weighted by molar-refractivity contribution is 9.09. The smallest absolute Gasteiger partial charge is 0.161 e. The Hall–Kier alpha value is -0.700. The van der Waals surface area contributed by atoms with Gasteiger partial charge in [0.25, 0.3) is 0 Å². The Morgan fingerprint density at radius 3 is 3.00 bits per heavy atom. The lowest BCUT2D eigenvalue weighted by molar-refractivity contribution is 0.295. The third-order valence-corrected chi connectivity index (χ3v) is 2.10. The van der Waals surface area contributed by atoms with Crippen molar-refractivity contribution in [2.45, 2.75) is 6.42 Å². The topological polar surface area (TPSA) is 18.5 Å². The van der Waals surface area contributed by atoms with Gasteiger partial charge in [-0.05, 0) is 24.6 Å². The van der Waals surface area contributed by atoms with Crippen LogP contribution in [-0.4, -0.2) is 19.0 Å². The zero-order valence-electron chi connectivity index (χ0n) is 7.55. The second kappa shape index (κ2) is 5.86. The second-order valence-corrected chi connectivity index (χ2v) is 3.26. The average molecular weight is 244 g/mol. The largest absolute Gasteiger partial charge is 0.493 e. The van der Waals surface area contributed by atoms with E-state index in [1.54, 1.807) is 13.2 Å². The van der Waals surface area contributed by atoms with Gasteiger partial charge in [-0.15, -0.1) is 0 Å². The molecule has 13 heavy (non-hydrogen) atoms. The van der Waals surface area contributed by atoms with Gasteiger partial charge in [0.15, 0.2) is 11.5 Å². The summed E-state index contributed by atoms with van der Waals surface area (Å²) >= 11 is 3.34. The molecule has 71 valence electrons. The molecule has 0 saturated heterocycles. The van der Waals surface area contributed by atoms with Gasteiger partial charge in [-0.2, -0.15) is 0 Å². The molecule has 0 aliphatic rings. The number of alkyl halides is 1. The fourth-order valence-corrected chi connectivity index (χ4v) is 1.15. The van der Waals surface area contributed by atoms with Gasteiger partial charge in [0.1, 0.15) is 0 Å². The minimum Gasteiger partial charge on any atom is -0.493 e. The van der Waals surface area contributed by atoms with Gasteiger partial charge in [0.05, 0.1) is 13.7 Å². The second-order valence-electron chi connectivity index (χ2n) is 2.47. The maximum absolute atomic E-state index is 5.49. The van der Waals surface area contributed by atoms with Gasteiger partial charge in [-0.3, -0.25) is 0 Å². The lowest BCUT2D eigenvalue weighted by atomic mass is 10.3. The maximum atomic E-state index is 5.49. The summed E-state index contributed by atoms with van der Waals surface area (Å²) < 4.78 is 10.6. The molecule has 2 nitrogen and oxygen atoms in total. The fraction of sp³-hybridized carbons (Fsp3) is 0.400. The van der Waals surface area contributed by atoms with Gasteiger partial charge in [-0.25, -0.2) is 0 Å². The molecular weight excluding hydrogens is 232 g/mol. The van der Waals surface area contributed by atoms with E-state index in [2.05, 4.69) is 22.0 Å². The van der Waals surface area contributed by atoms with E-state index in [-0.39, 0.29) is 0 Å². The van der Waals surface area contributed by atoms with Crippen LogP contribution in [0, 0.1) is 6.07 Å². The molecule has 0 atom stereocenters. The summed E-state index contributed by atoms with van der Waals surface area (Å²) in [4.78, 5) is 0. The van der Waals surface area contributed by atoms with E-state index in [0.717, 1.165) is 23.2 Å². The molecule has 0 aliphatic heterocycles. The first-order valence-corrected chi connectivity index (χ1v) is 5.23. The lowest BCUT2D eigenvalue weighted by Gasteiger charge is -2.08. The van der Waals surface area contributed by atoms with Crippen LogP contribution in [0.5, 0.6) is 11.5 Å². The van der Waals surface area contributed by atoms with E-state index in [0.29, 0.717) is 6.61 Å². The zero-order chi connectivity index (χ0) is 9.52. The third kappa shape index (κ3) is 3.27. The van der Waals surface area contributed by atoms with Crippen molar-refractivity contribution in [3.63, 3.8) is 0 Å². The van der Waals surface area contributed by atoms with Crippen LogP contribution in [0.2, 0.25) is 0 Å². The first-order chi connectivity index (χ1) is 6.38. The normalized spacial score (nSPS) is 9.69. The van der Waals surface area contributed by atoms with Crippen molar-refractivity contribution in [3.8, 4) is 11.5 Å². The first-order valence-electron chi connectivity index (χ1n) is 4.11. The molecule has 3 heteroatoms. The Kier molecular flexibility index (Phi) is 4.68. The predicted molar refractivity (Wildman–Crippen MR) is 55.7 cm³/mol. The van der Waals surface area contributed by atoms with Crippen LogP contribution in [0.25, 0.3) is 0 Å². The molecule has 0 amide bonds. The Bertz CT molecular complexity index is 250. The summed E-state index contributed by atoms with van der Waals surface area (Å²) in [5.74, 6) is 1.51. The molecule has 0 heterocycles. The number of rotatable bonds is 5. The van der Waals surface area contributed by atoms with Crippen molar-refractivity contribution in [2.24, 2.45) is 0 Å². The summed E-state index contributed by atoms with van der Waals surface area (Å²) in [5.41, 5.74) is 0. The summed E-state index contributed by atoms with van der Waals surface area (Å²) in [6.07, 6.45) is 0.988. The van der Waals surface area contributed by atoms with Gasteiger partial charge < -0.3 is 9.47 Å². The van der Waals surface area contributed by atoms with E-state index < -0.39 is 0 Å². The van der Waals surface area contributed by atoms with Crippen LogP contribution in [0.15, 0.2) is 18.2 Å². The average Bonchev–Trinajstić information content (AvgIpc) is 2.19. The molecule has 1 rings (SSSR count). The van der Waals surface area contributed by atoms with Crippen molar-refractivity contribution < 1.29 is 9.47 Å². The Morgan fingerprint density at radius 2 is 2.31 bits per heavy atom. The first kappa shape index (κ1) is 10.4. The van der Waals surface area contributed by atoms with Gasteiger partial charge in [-0.1, -0.05) is 22.0 Å². The SMILES string of the molecule is COc1c[c]ccc1OCCCBr. The predicted octanol–water partition coefficient (Wildman–Crippen LogP) is 2.66. The van der Waals surface area contributed by atoms with E-state index in [1.165, 1.54) is 0 Å². The van der Waals surface area contributed by atoms with Crippen LogP contribution >= 0.6 is 15.9 Å². The third-order valence-electron chi connectivity index (χ3n) is 1.54. The van der Waals surface area contributed by atoms with Gasteiger partial charge >= 0.3 is 0 Å². The highest BCUT2D eigenvalue weighted by atomic mass is 79.9. The standard InChI is InChI=1S/C10H12BrO2/c1-12-9-5-2-3-6-10(9)13-8-4-7-11/h3,5-6H,4,7-8H2,1H3. The summed E-state index contributed by atoms with van der Waals surface area (Å²) in [6, 6.07) is 8.36. The number of hydrogen-bond acceptors (Lipinski definition) is 2. The molecule has 1 radical (unpaired) electrons. The highest BCUT2D eigenvalue weighted by Gasteiger charge is 2.00. The van der Waals surface area contributed by atoms with Gasteiger partial charge in [0.2, 0.25) is 0 Å². The molecule has 0 aliphatic carbocycles. The molecule has 0 N–H and O–H groups in total. The van der Waals surface area contributed by atoms with E-state index in [4.69, 9.17) is 9.47 Å². The minimum atomic E-state index is 0.700. The van der Waals surface area contributed by atoms with Crippen molar-refractivity contribution in [1.82, 2.24) is 0 Å². The van der Waals surface area contributed by atoms with Crippen LogP contribution in [-0.2, 0) is 0 Å². The molecular formula is C10H12BrO2. The monoisotopic (exact) mass is 243 g/mol. The van der Waals surface area contributed by atoms with Crippen LogP contribution in [0.3, 0.4) is 0 Å². The van der Waals surface area contributed by atoms with Crippen molar-refractivity contribution >= 4 is 15.9 Å². The van der Waals surface area contributed by atoms with Crippen LogP contribution < -0.4 is 9.47 Å². The van der Waals surface area contributed by atoms with E-state index >= 15 is 0 Å². The van der Waals surface area contributed by atoms with Crippen molar-refractivity contribution in [2.75, 3.05) is 19.0 Å². The zero-order valence-corrected chi connectivity index (χ0v) is 9.13. The van der Waals surface area contributed by atoms with E-state index in [1.807, 2.05) is 12.1 Å². The number of methoxy groups -OCH3 is 1. The fourth-order valence-electron chi connectivity index (χ4n) is 0.916. The Morgan fingerprint density at radius 1 is 1.46 bits per heavy atom. The van der Waals surface area contributed by atoms with Crippen molar-refractivity contribution in [3.05, 3.63) is 24.3 Å². The van der Waals surface area contributed by atoms with Crippen LogP contribution in [0.1, 0.15) is 6.42 Å². The van der Waals surface area contributed by atoms with E-state index in [9.17, 15) is 0 Å². The van der Waals surface area contributed by atoms with Crippen LogP contribution in [0.4, 0.5) is 0 Å². The number of ether oxygens (including phenoxy) is 2. The molecule has 0 aromatic heterocycles. The number of benzene rings is 1. The lowest BCUT2D eigenvalue weighted by Crippen LogP contribution is -1.99. The molecule has 0 bridgehead atoms. The molecule has 0 spiro atoms. The number of hydrogen-bond donors (Lipinski definition) is 0. The Labute approximate surface area is 87.0 Å². The minimum absolute atomic E-state index is 0.700. The summed E-state index contributed by atoms with van der Waals surface area (Å²) in [5, 5.41) is 0.953. The Balaban J connectivity index is 2.54. The summed E-state index contributed by atoms with van der Waals surface area (Å²) in [6.45, 7) is 0.700.